The van der Waals surface area contributed by atoms with Gasteiger partial charge < -0.3 is 4.74 Å². The molecule has 0 heterocycles. The monoisotopic (exact) mass is 276 g/mol. The molecule has 0 N–H and O–H groups in total. The lowest BCUT2D eigenvalue weighted by Crippen LogP contribution is -2.33. The van der Waals surface area contributed by atoms with Crippen molar-refractivity contribution >= 4 is 21.6 Å². The maximum absolute atomic E-state index is 12.1. The Morgan fingerprint density at radius 1 is 1.33 bits per heavy atom. The number of carbonyl (C=O) groups excluding carboxylic acids is 2. The molecule has 5 nitrogen and oxygen atoms in total. The lowest BCUT2D eigenvalue weighted by atomic mass is 10.1. The van der Waals surface area contributed by atoms with Gasteiger partial charge in [-0.05, 0) is 25.2 Å². The lowest BCUT2D eigenvalue weighted by molar-refractivity contribution is -0.141. The third-order valence-corrected chi connectivity index (χ3v) is 5.91. The van der Waals surface area contributed by atoms with E-state index in [-0.39, 0.29) is 24.4 Å². The number of esters is 1. The van der Waals surface area contributed by atoms with E-state index >= 15 is 0 Å². The second-order valence-corrected chi connectivity index (χ2v) is 7.34. The molecule has 0 aromatic rings. The van der Waals surface area contributed by atoms with Crippen molar-refractivity contribution in [3.8, 4) is 0 Å². The molecule has 0 bridgehead atoms. The zero-order valence-corrected chi connectivity index (χ0v) is 11.9. The molecule has 0 spiro atoms. The van der Waals surface area contributed by atoms with Gasteiger partial charge in [0.1, 0.15) is 11.0 Å². The third-order valence-electron chi connectivity index (χ3n) is 3.55. The van der Waals surface area contributed by atoms with Crippen molar-refractivity contribution in [1.29, 1.82) is 0 Å². The molecular formula is C12H20O5S. The topological polar surface area (TPSA) is 77.5 Å². The first-order chi connectivity index (χ1) is 8.26. The molecule has 0 amide bonds. The number of hydrogen-bond acceptors (Lipinski definition) is 5. The van der Waals surface area contributed by atoms with Crippen LogP contribution in [0.1, 0.15) is 39.5 Å². The van der Waals surface area contributed by atoms with Crippen molar-refractivity contribution in [2.24, 2.45) is 5.41 Å². The summed E-state index contributed by atoms with van der Waals surface area (Å²) in [6, 6.07) is 0. The number of rotatable bonds is 7. The van der Waals surface area contributed by atoms with Gasteiger partial charge in [-0.2, -0.15) is 0 Å². The highest BCUT2D eigenvalue weighted by atomic mass is 32.2. The summed E-state index contributed by atoms with van der Waals surface area (Å²) in [7, 11) is -2.19. The first-order valence-electron chi connectivity index (χ1n) is 6.07. The van der Waals surface area contributed by atoms with Gasteiger partial charge in [0.25, 0.3) is 0 Å². The number of ether oxygens (including phenoxy) is 1. The van der Waals surface area contributed by atoms with Crippen molar-refractivity contribution in [2.45, 2.75) is 44.8 Å². The van der Waals surface area contributed by atoms with Gasteiger partial charge in [-0.25, -0.2) is 8.42 Å². The molecule has 1 unspecified atom stereocenters. The number of sulfone groups is 1. The second-order valence-electron chi connectivity index (χ2n) is 5.02. The zero-order chi connectivity index (χ0) is 14.0. The van der Waals surface area contributed by atoms with E-state index in [0.717, 1.165) is 0 Å². The molecule has 1 atom stereocenters. The first kappa shape index (κ1) is 15.1. The average Bonchev–Trinajstić information content (AvgIpc) is 3.05. The predicted octanol–water partition coefficient (Wildman–Crippen LogP) is 1.11. The van der Waals surface area contributed by atoms with E-state index in [1.807, 2.05) is 0 Å². The van der Waals surface area contributed by atoms with Crippen molar-refractivity contribution in [3.63, 3.8) is 0 Å². The summed E-state index contributed by atoms with van der Waals surface area (Å²) in [6.45, 7) is 3.07. The second kappa shape index (κ2) is 5.38. The van der Waals surface area contributed by atoms with Gasteiger partial charge in [-0.3, -0.25) is 9.59 Å². The highest BCUT2D eigenvalue weighted by Gasteiger charge is 2.49. The molecular weight excluding hydrogens is 256 g/mol. The fourth-order valence-electron chi connectivity index (χ4n) is 1.97. The van der Waals surface area contributed by atoms with Gasteiger partial charge in [0.15, 0.2) is 9.84 Å². The predicted molar refractivity (Wildman–Crippen MR) is 66.8 cm³/mol. The van der Waals surface area contributed by atoms with E-state index < -0.39 is 26.5 Å². The Morgan fingerprint density at radius 2 is 1.89 bits per heavy atom. The summed E-state index contributed by atoms with van der Waals surface area (Å²) in [4.78, 5) is 22.7. The van der Waals surface area contributed by atoms with E-state index in [2.05, 4.69) is 4.74 Å². The molecule has 18 heavy (non-hydrogen) atoms. The Balaban J connectivity index is 2.72. The molecule has 1 aliphatic rings. The van der Waals surface area contributed by atoms with Gasteiger partial charge in [0.05, 0.1) is 19.3 Å². The van der Waals surface area contributed by atoms with E-state index in [9.17, 15) is 18.0 Å². The van der Waals surface area contributed by atoms with Crippen LogP contribution in [-0.2, 0) is 24.2 Å². The Labute approximate surface area is 108 Å². The molecule has 0 saturated heterocycles. The summed E-state index contributed by atoms with van der Waals surface area (Å²) >= 11 is 0. The summed E-state index contributed by atoms with van der Waals surface area (Å²) in [6.07, 6.45) is 1.74. The van der Waals surface area contributed by atoms with E-state index in [4.69, 9.17) is 0 Å². The van der Waals surface area contributed by atoms with Crippen LogP contribution in [0.25, 0.3) is 0 Å². The Morgan fingerprint density at radius 3 is 2.28 bits per heavy atom. The van der Waals surface area contributed by atoms with Crippen LogP contribution in [-0.4, -0.2) is 38.3 Å². The number of carbonyl (C=O) groups is 2. The van der Waals surface area contributed by atoms with Crippen molar-refractivity contribution in [1.82, 2.24) is 0 Å². The van der Waals surface area contributed by atoms with Crippen molar-refractivity contribution in [3.05, 3.63) is 0 Å². The molecule has 0 aromatic carbocycles. The van der Waals surface area contributed by atoms with Crippen LogP contribution in [0, 0.1) is 5.41 Å². The highest BCUT2D eigenvalue weighted by Crippen LogP contribution is 2.50. The molecule has 0 aromatic heterocycles. The largest absolute Gasteiger partial charge is 0.469 e. The molecule has 104 valence electrons. The number of hydrogen-bond donors (Lipinski definition) is 0. The van der Waals surface area contributed by atoms with E-state index in [0.29, 0.717) is 12.8 Å². The summed E-state index contributed by atoms with van der Waals surface area (Å²) in [5.41, 5.74) is -0.492. The van der Waals surface area contributed by atoms with Crippen LogP contribution in [0.15, 0.2) is 0 Å². The molecule has 0 aliphatic heterocycles. The summed E-state index contributed by atoms with van der Waals surface area (Å²) in [5.74, 6) is -0.761. The zero-order valence-electron chi connectivity index (χ0n) is 11.1. The van der Waals surface area contributed by atoms with E-state index in [1.165, 1.54) is 14.0 Å². The third kappa shape index (κ3) is 3.54. The van der Waals surface area contributed by atoms with Crippen molar-refractivity contribution in [2.75, 3.05) is 12.9 Å². The van der Waals surface area contributed by atoms with Gasteiger partial charge in [-0.15, -0.1) is 0 Å². The number of methoxy groups -OCH3 is 1. The molecule has 1 saturated carbocycles. The molecule has 6 heteroatoms. The smallest absolute Gasteiger partial charge is 0.306 e. The quantitative estimate of drug-likeness (QED) is 0.651. The number of ketones is 1. The minimum atomic E-state index is -3.48. The van der Waals surface area contributed by atoms with Crippen LogP contribution in [0.2, 0.25) is 0 Å². The lowest BCUT2D eigenvalue weighted by Gasteiger charge is -2.17. The van der Waals surface area contributed by atoms with Crippen LogP contribution >= 0.6 is 0 Å². The van der Waals surface area contributed by atoms with Gasteiger partial charge in [0.2, 0.25) is 0 Å². The Kier molecular flexibility index (Phi) is 4.53. The van der Waals surface area contributed by atoms with Crippen LogP contribution in [0.5, 0.6) is 0 Å². The van der Waals surface area contributed by atoms with Crippen LogP contribution < -0.4 is 0 Å². The summed E-state index contributed by atoms with van der Waals surface area (Å²) in [5, 5.41) is -0.974. The fraction of sp³-hybridized carbons (Fsp3) is 0.833. The standard InChI is InChI=1S/C12H20O5S/c1-4-10(13)9(2)18(15,16)8-12(5-6-12)7-11(14)17-3/h9H,4-8H2,1-3H3. The minimum Gasteiger partial charge on any atom is -0.469 e. The van der Waals surface area contributed by atoms with Gasteiger partial charge >= 0.3 is 5.97 Å². The summed E-state index contributed by atoms with van der Waals surface area (Å²) < 4.78 is 28.7. The normalized spacial score (nSPS) is 19.1. The van der Waals surface area contributed by atoms with Gasteiger partial charge in [-0.1, -0.05) is 6.92 Å². The maximum atomic E-state index is 12.1. The molecule has 1 rings (SSSR count). The highest BCUT2D eigenvalue weighted by molar-refractivity contribution is 7.92. The SMILES string of the molecule is CCC(=O)C(C)S(=O)(=O)CC1(CC(=O)OC)CC1. The van der Waals surface area contributed by atoms with E-state index in [1.54, 1.807) is 6.92 Å². The Hall–Kier alpha value is -0.910. The fourth-order valence-corrected chi connectivity index (χ4v) is 4.03. The van der Waals surface area contributed by atoms with Gasteiger partial charge in [0, 0.05) is 6.42 Å². The molecule has 1 fully saturated rings. The average molecular weight is 276 g/mol. The van der Waals surface area contributed by atoms with Crippen LogP contribution in [0.4, 0.5) is 0 Å². The van der Waals surface area contributed by atoms with Crippen LogP contribution in [0.3, 0.4) is 0 Å². The molecule has 1 aliphatic carbocycles. The minimum absolute atomic E-state index is 0.0952. The maximum Gasteiger partial charge on any atom is 0.306 e. The first-order valence-corrected chi connectivity index (χ1v) is 7.79. The molecule has 0 radical (unpaired) electrons. The van der Waals surface area contributed by atoms with Crippen molar-refractivity contribution < 1.29 is 22.7 Å². The number of Topliss-reactive ketones (excluding diaryl/α,β-unsaturated/α-hetero) is 1. The Bertz CT molecular complexity index is 433.